The maximum Gasteiger partial charge on any atom is 0.407 e. The van der Waals surface area contributed by atoms with Crippen molar-refractivity contribution in [2.75, 3.05) is 13.2 Å². The Morgan fingerprint density at radius 1 is 1.00 bits per heavy atom. The van der Waals surface area contributed by atoms with Crippen LogP contribution < -0.4 is 10.8 Å². The van der Waals surface area contributed by atoms with Crippen LogP contribution in [0, 0.1) is 5.92 Å². The number of carbonyl (C=O) groups excluding carboxylic acids is 2. The van der Waals surface area contributed by atoms with Crippen LogP contribution >= 0.6 is 0 Å². The van der Waals surface area contributed by atoms with E-state index in [4.69, 9.17) is 9.84 Å². The SMILES string of the molecule is CC(C)C(NC(=O)OCC1c2ccccc2-c2ccccc21)C(=O)NOCC(=O)O. The van der Waals surface area contributed by atoms with E-state index in [1.807, 2.05) is 54.0 Å². The maximum absolute atomic E-state index is 12.4. The van der Waals surface area contributed by atoms with Crippen LogP contribution in [0.3, 0.4) is 0 Å². The van der Waals surface area contributed by atoms with E-state index in [1.165, 1.54) is 0 Å². The van der Waals surface area contributed by atoms with Gasteiger partial charge < -0.3 is 15.2 Å². The molecular weight excluding hydrogens is 388 g/mol. The van der Waals surface area contributed by atoms with Gasteiger partial charge in [-0.05, 0) is 28.2 Å². The van der Waals surface area contributed by atoms with E-state index in [-0.39, 0.29) is 18.4 Å². The zero-order valence-electron chi connectivity index (χ0n) is 16.8. The predicted octanol–water partition coefficient (Wildman–Crippen LogP) is 2.68. The third kappa shape index (κ3) is 4.77. The van der Waals surface area contributed by atoms with Crippen LogP contribution in [0.15, 0.2) is 48.5 Å². The summed E-state index contributed by atoms with van der Waals surface area (Å²) in [5.41, 5.74) is 6.46. The van der Waals surface area contributed by atoms with Crippen molar-refractivity contribution in [1.82, 2.24) is 10.8 Å². The van der Waals surface area contributed by atoms with Gasteiger partial charge in [-0.3, -0.25) is 9.63 Å². The number of ether oxygens (including phenoxy) is 1. The van der Waals surface area contributed by atoms with Crippen LogP contribution in [0.2, 0.25) is 0 Å². The molecule has 8 nitrogen and oxygen atoms in total. The third-order valence-electron chi connectivity index (χ3n) is 4.93. The minimum atomic E-state index is -1.22. The lowest BCUT2D eigenvalue weighted by molar-refractivity contribution is -0.150. The molecule has 3 rings (SSSR count). The van der Waals surface area contributed by atoms with Gasteiger partial charge in [-0.25, -0.2) is 15.1 Å². The van der Waals surface area contributed by atoms with Crippen molar-refractivity contribution in [2.45, 2.75) is 25.8 Å². The van der Waals surface area contributed by atoms with Crippen molar-refractivity contribution in [1.29, 1.82) is 0 Å². The molecule has 1 aliphatic rings. The minimum Gasteiger partial charge on any atom is -0.479 e. The van der Waals surface area contributed by atoms with Crippen LogP contribution in [0.4, 0.5) is 4.79 Å². The van der Waals surface area contributed by atoms with Crippen molar-refractivity contribution < 1.29 is 29.1 Å². The number of alkyl carbamates (subject to hydrolysis) is 1. The molecule has 1 aliphatic carbocycles. The van der Waals surface area contributed by atoms with Gasteiger partial charge in [-0.15, -0.1) is 0 Å². The Labute approximate surface area is 174 Å². The summed E-state index contributed by atoms with van der Waals surface area (Å²) in [6, 6.07) is 15.1. The topological polar surface area (TPSA) is 114 Å². The molecule has 0 spiro atoms. The Morgan fingerprint density at radius 2 is 1.57 bits per heavy atom. The molecule has 0 saturated heterocycles. The molecule has 158 valence electrons. The second kappa shape index (κ2) is 9.41. The first-order valence-corrected chi connectivity index (χ1v) is 9.63. The zero-order valence-corrected chi connectivity index (χ0v) is 16.8. The second-order valence-corrected chi connectivity index (χ2v) is 7.34. The molecule has 1 unspecified atom stereocenters. The van der Waals surface area contributed by atoms with Crippen LogP contribution in [0.1, 0.15) is 30.9 Å². The molecule has 3 N–H and O–H groups in total. The van der Waals surface area contributed by atoms with Gasteiger partial charge in [-0.2, -0.15) is 0 Å². The van der Waals surface area contributed by atoms with E-state index in [9.17, 15) is 14.4 Å². The fraction of sp³-hybridized carbons (Fsp3) is 0.318. The highest BCUT2D eigenvalue weighted by Gasteiger charge is 2.30. The van der Waals surface area contributed by atoms with Gasteiger partial charge in [0.15, 0.2) is 6.61 Å². The molecule has 0 heterocycles. The Morgan fingerprint density at radius 3 is 2.10 bits per heavy atom. The number of carboxylic acids is 1. The molecule has 8 heteroatoms. The van der Waals surface area contributed by atoms with E-state index >= 15 is 0 Å². The Bertz CT molecular complexity index is 897. The number of hydrogen-bond donors (Lipinski definition) is 3. The lowest BCUT2D eigenvalue weighted by atomic mass is 9.98. The largest absolute Gasteiger partial charge is 0.479 e. The summed E-state index contributed by atoms with van der Waals surface area (Å²) < 4.78 is 5.45. The molecule has 2 aromatic carbocycles. The van der Waals surface area contributed by atoms with E-state index < -0.39 is 30.6 Å². The standard InChI is InChI=1S/C22H24N2O6/c1-13(2)20(21(27)24-30-12-19(25)26)23-22(28)29-11-18-16-9-5-3-7-14(16)15-8-4-6-10-17(15)18/h3-10,13,18,20H,11-12H2,1-2H3,(H,23,28)(H,24,27)(H,25,26). The van der Waals surface area contributed by atoms with Crippen molar-refractivity contribution in [3.8, 4) is 11.1 Å². The summed E-state index contributed by atoms with van der Waals surface area (Å²) in [6.07, 6.45) is -0.732. The molecule has 0 aliphatic heterocycles. The van der Waals surface area contributed by atoms with Crippen LogP contribution in [-0.4, -0.2) is 42.3 Å². The van der Waals surface area contributed by atoms with Gasteiger partial charge in [0.05, 0.1) is 0 Å². The number of hydrogen-bond acceptors (Lipinski definition) is 5. The summed E-state index contributed by atoms with van der Waals surface area (Å²) in [6.45, 7) is 2.93. The highest BCUT2D eigenvalue weighted by molar-refractivity contribution is 5.85. The summed E-state index contributed by atoms with van der Waals surface area (Å²) in [5, 5.41) is 11.1. The van der Waals surface area contributed by atoms with Crippen LogP contribution in [0.5, 0.6) is 0 Å². The normalized spacial score (nSPS) is 13.3. The minimum absolute atomic E-state index is 0.0895. The van der Waals surface area contributed by atoms with E-state index in [0.717, 1.165) is 22.3 Å². The van der Waals surface area contributed by atoms with E-state index in [0.29, 0.717) is 0 Å². The molecule has 2 amide bonds. The van der Waals surface area contributed by atoms with E-state index in [1.54, 1.807) is 13.8 Å². The smallest absolute Gasteiger partial charge is 0.407 e. The first-order valence-electron chi connectivity index (χ1n) is 9.63. The molecule has 0 saturated carbocycles. The molecular formula is C22H24N2O6. The number of fused-ring (bicyclic) bond motifs is 3. The van der Waals surface area contributed by atoms with Crippen LogP contribution in [-0.2, 0) is 19.2 Å². The number of rotatable bonds is 8. The van der Waals surface area contributed by atoms with Crippen molar-refractivity contribution in [2.24, 2.45) is 5.92 Å². The average molecular weight is 412 g/mol. The first kappa shape index (κ1) is 21.3. The molecule has 0 aromatic heterocycles. The highest BCUT2D eigenvalue weighted by Crippen LogP contribution is 2.44. The van der Waals surface area contributed by atoms with Gasteiger partial charge in [0.1, 0.15) is 12.6 Å². The highest BCUT2D eigenvalue weighted by atomic mass is 16.7. The Kier molecular flexibility index (Phi) is 6.68. The Balaban J connectivity index is 1.62. The average Bonchev–Trinajstić information content (AvgIpc) is 3.03. The summed E-state index contributed by atoms with van der Waals surface area (Å²) >= 11 is 0. The number of aliphatic carboxylic acids is 1. The van der Waals surface area contributed by atoms with Gasteiger partial charge in [0.2, 0.25) is 0 Å². The van der Waals surface area contributed by atoms with Crippen molar-refractivity contribution in [3.63, 3.8) is 0 Å². The van der Waals surface area contributed by atoms with Crippen molar-refractivity contribution >= 4 is 18.0 Å². The number of carboxylic acid groups (broad SMARTS) is 1. The fourth-order valence-electron chi connectivity index (χ4n) is 3.53. The van der Waals surface area contributed by atoms with E-state index in [2.05, 4.69) is 10.2 Å². The summed E-state index contributed by atoms with van der Waals surface area (Å²) in [7, 11) is 0. The quantitative estimate of drug-likeness (QED) is 0.575. The lowest BCUT2D eigenvalue weighted by Gasteiger charge is -2.21. The first-order chi connectivity index (χ1) is 14.4. The molecule has 0 fully saturated rings. The third-order valence-corrected chi connectivity index (χ3v) is 4.93. The second-order valence-electron chi connectivity index (χ2n) is 7.34. The van der Waals surface area contributed by atoms with Gasteiger partial charge in [0, 0.05) is 5.92 Å². The zero-order chi connectivity index (χ0) is 21.7. The fourth-order valence-corrected chi connectivity index (χ4v) is 3.53. The molecule has 30 heavy (non-hydrogen) atoms. The molecule has 2 aromatic rings. The monoisotopic (exact) mass is 412 g/mol. The van der Waals surface area contributed by atoms with Crippen molar-refractivity contribution in [3.05, 3.63) is 59.7 Å². The van der Waals surface area contributed by atoms with Gasteiger partial charge in [0.25, 0.3) is 5.91 Å². The lowest BCUT2D eigenvalue weighted by Crippen LogP contribution is -2.50. The number of amides is 2. The molecule has 0 radical (unpaired) electrons. The number of carbonyl (C=O) groups is 3. The molecule has 1 atom stereocenters. The Hall–Kier alpha value is -3.39. The number of benzene rings is 2. The molecule has 0 bridgehead atoms. The number of nitrogens with one attached hydrogen (secondary N) is 2. The number of hydroxylamine groups is 1. The summed E-state index contributed by atoms with van der Waals surface area (Å²) in [4.78, 5) is 39.6. The summed E-state index contributed by atoms with van der Waals surface area (Å²) in [5.74, 6) is -2.23. The van der Waals surface area contributed by atoms with Gasteiger partial charge in [-0.1, -0.05) is 62.4 Å². The van der Waals surface area contributed by atoms with Gasteiger partial charge >= 0.3 is 12.1 Å². The maximum atomic E-state index is 12.4. The van der Waals surface area contributed by atoms with Crippen LogP contribution in [0.25, 0.3) is 11.1 Å². The predicted molar refractivity (Wildman–Crippen MR) is 109 cm³/mol.